The Kier molecular flexibility index (Phi) is 3.88. The van der Waals surface area contributed by atoms with Gasteiger partial charge in [0.25, 0.3) is 0 Å². The smallest absolute Gasteiger partial charge is 0.0979 e. The second kappa shape index (κ2) is 5.39. The van der Waals surface area contributed by atoms with E-state index in [1.807, 2.05) is 24.6 Å². The van der Waals surface area contributed by atoms with Gasteiger partial charge in [0.1, 0.15) is 0 Å². The molecule has 0 aromatic carbocycles. The van der Waals surface area contributed by atoms with Crippen LogP contribution < -0.4 is 5.32 Å². The number of thiophene rings is 1. The minimum absolute atomic E-state index is 0.988. The molecule has 0 radical (unpaired) electrons. The Balaban J connectivity index is 1.95. The van der Waals surface area contributed by atoms with Gasteiger partial charge in [-0.15, -0.1) is 22.7 Å². The fourth-order valence-electron chi connectivity index (χ4n) is 1.36. The number of nitrogens with zero attached hydrogens (tertiary/aromatic N) is 1. The van der Waals surface area contributed by atoms with Gasteiger partial charge in [0, 0.05) is 22.4 Å². The highest BCUT2D eigenvalue weighted by atomic mass is 32.1. The van der Waals surface area contributed by atoms with Crippen LogP contribution in [0.5, 0.6) is 0 Å². The molecule has 2 aromatic rings. The van der Waals surface area contributed by atoms with Crippen molar-refractivity contribution in [1.82, 2.24) is 10.3 Å². The van der Waals surface area contributed by atoms with Crippen LogP contribution in [0.4, 0.5) is 0 Å². The molecule has 0 amide bonds. The predicted octanol–water partition coefficient (Wildman–Crippen LogP) is 2.56. The van der Waals surface area contributed by atoms with Crippen LogP contribution in [-0.4, -0.2) is 18.6 Å². The number of rotatable bonds is 5. The zero-order valence-corrected chi connectivity index (χ0v) is 10.3. The summed E-state index contributed by atoms with van der Waals surface area (Å²) in [5.74, 6) is 0. The molecule has 0 spiro atoms. The van der Waals surface area contributed by atoms with Crippen molar-refractivity contribution in [2.75, 3.05) is 13.6 Å². The molecule has 0 fully saturated rings. The van der Waals surface area contributed by atoms with Crippen molar-refractivity contribution in [2.45, 2.75) is 12.8 Å². The molecular weight excluding hydrogens is 224 g/mol. The monoisotopic (exact) mass is 238 g/mol. The third-order valence-electron chi connectivity index (χ3n) is 2.13. The van der Waals surface area contributed by atoms with Gasteiger partial charge in [-0.05, 0) is 31.5 Å². The molecule has 0 aliphatic heterocycles. The molecule has 2 nitrogen and oxygen atoms in total. The van der Waals surface area contributed by atoms with E-state index in [1.54, 1.807) is 11.3 Å². The van der Waals surface area contributed by atoms with E-state index in [2.05, 4.69) is 27.8 Å². The molecule has 0 aliphatic carbocycles. The third kappa shape index (κ3) is 3.12. The van der Waals surface area contributed by atoms with Gasteiger partial charge in [-0.2, -0.15) is 0 Å². The summed E-state index contributed by atoms with van der Waals surface area (Å²) in [6.45, 7) is 1.03. The number of hydrogen-bond donors (Lipinski definition) is 1. The molecule has 0 atom stereocenters. The van der Waals surface area contributed by atoms with Gasteiger partial charge in [-0.3, -0.25) is 0 Å². The SMILES string of the molecule is CNCCc1cnc(Cc2cccs2)s1. The molecule has 2 heterocycles. The molecule has 2 rings (SSSR count). The summed E-state index contributed by atoms with van der Waals surface area (Å²) in [4.78, 5) is 7.21. The van der Waals surface area contributed by atoms with Crippen molar-refractivity contribution < 1.29 is 0 Å². The molecule has 0 unspecified atom stereocenters. The van der Waals surface area contributed by atoms with Gasteiger partial charge in [0.2, 0.25) is 0 Å². The van der Waals surface area contributed by atoms with Gasteiger partial charge >= 0.3 is 0 Å². The van der Waals surface area contributed by atoms with Crippen molar-refractivity contribution >= 4 is 22.7 Å². The number of aromatic nitrogens is 1. The van der Waals surface area contributed by atoms with Crippen LogP contribution in [0.2, 0.25) is 0 Å². The Bertz CT molecular complexity index is 392. The Labute approximate surface area is 98.0 Å². The maximum absolute atomic E-state index is 4.44. The first kappa shape index (κ1) is 10.8. The van der Waals surface area contributed by atoms with E-state index in [-0.39, 0.29) is 0 Å². The first-order chi connectivity index (χ1) is 7.38. The van der Waals surface area contributed by atoms with E-state index >= 15 is 0 Å². The van der Waals surface area contributed by atoms with Crippen molar-refractivity contribution in [3.8, 4) is 0 Å². The summed E-state index contributed by atoms with van der Waals surface area (Å²) in [6, 6.07) is 4.26. The maximum atomic E-state index is 4.44. The molecule has 4 heteroatoms. The first-order valence-corrected chi connectivity index (χ1v) is 6.68. The van der Waals surface area contributed by atoms with E-state index in [0.717, 1.165) is 19.4 Å². The van der Waals surface area contributed by atoms with Crippen LogP contribution in [0, 0.1) is 0 Å². The largest absolute Gasteiger partial charge is 0.319 e. The molecule has 0 saturated heterocycles. The number of thiazole rings is 1. The second-order valence-corrected chi connectivity index (χ2v) is 5.56. The highest BCUT2D eigenvalue weighted by Crippen LogP contribution is 2.19. The lowest BCUT2D eigenvalue weighted by molar-refractivity contribution is 0.798. The minimum atomic E-state index is 0.988. The van der Waals surface area contributed by atoms with Crippen LogP contribution in [-0.2, 0) is 12.8 Å². The summed E-state index contributed by atoms with van der Waals surface area (Å²) >= 11 is 3.63. The Morgan fingerprint density at radius 2 is 2.33 bits per heavy atom. The van der Waals surface area contributed by atoms with Gasteiger partial charge < -0.3 is 5.32 Å². The van der Waals surface area contributed by atoms with Crippen molar-refractivity contribution in [3.05, 3.63) is 38.5 Å². The number of nitrogens with one attached hydrogen (secondary N) is 1. The fraction of sp³-hybridized carbons (Fsp3) is 0.364. The van der Waals surface area contributed by atoms with Gasteiger partial charge in [-0.1, -0.05) is 6.07 Å². The van der Waals surface area contributed by atoms with Crippen LogP contribution in [0.15, 0.2) is 23.7 Å². The average molecular weight is 238 g/mol. The quantitative estimate of drug-likeness (QED) is 0.866. The van der Waals surface area contributed by atoms with Gasteiger partial charge in [0.05, 0.1) is 5.01 Å². The molecule has 0 aliphatic rings. The Hall–Kier alpha value is -0.710. The van der Waals surface area contributed by atoms with Crippen LogP contribution >= 0.6 is 22.7 Å². The molecule has 1 N–H and O–H groups in total. The van der Waals surface area contributed by atoms with E-state index in [4.69, 9.17) is 0 Å². The van der Waals surface area contributed by atoms with Crippen LogP contribution in [0.25, 0.3) is 0 Å². The van der Waals surface area contributed by atoms with E-state index in [0.29, 0.717) is 0 Å². The number of likely N-dealkylation sites (N-methyl/N-ethyl adjacent to an activating group) is 1. The lowest BCUT2D eigenvalue weighted by Crippen LogP contribution is -2.09. The molecule has 80 valence electrons. The average Bonchev–Trinajstić information content (AvgIpc) is 2.87. The van der Waals surface area contributed by atoms with E-state index in [1.165, 1.54) is 14.8 Å². The molecule has 0 bridgehead atoms. The standard InChI is InChI=1S/C11H14N2S2/c1-12-5-4-10-8-13-11(15-10)7-9-3-2-6-14-9/h2-3,6,8,12H,4-5,7H2,1H3. The van der Waals surface area contributed by atoms with Crippen LogP contribution in [0.1, 0.15) is 14.8 Å². The molecule has 15 heavy (non-hydrogen) atoms. The fourth-order valence-corrected chi connectivity index (χ4v) is 3.10. The zero-order valence-electron chi connectivity index (χ0n) is 8.69. The summed E-state index contributed by atoms with van der Waals surface area (Å²) in [5, 5.41) is 6.49. The minimum Gasteiger partial charge on any atom is -0.319 e. The predicted molar refractivity (Wildman–Crippen MR) is 66.9 cm³/mol. The van der Waals surface area contributed by atoms with Gasteiger partial charge in [0.15, 0.2) is 0 Å². The Morgan fingerprint density at radius 1 is 1.40 bits per heavy atom. The maximum Gasteiger partial charge on any atom is 0.0979 e. The van der Waals surface area contributed by atoms with Gasteiger partial charge in [-0.25, -0.2) is 4.98 Å². The number of hydrogen-bond acceptors (Lipinski definition) is 4. The molecular formula is C11H14N2S2. The molecule has 0 saturated carbocycles. The highest BCUT2D eigenvalue weighted by Gasteiger charge is 2.03. The Morgan fingerprint density at radius 3 is 3.07 bits per heavy atom. The topological polar surface area (TPSA) is 24.9 Å². The normalized spacial score (nSPS) is 10.7. The summed E-state index contributed by atoms with van der Waals surface area (Å²) in [5.41, 5.74) is 0. The van der Waals surface area contributed by atoms with Crippen molar-refractivity contribution in [2.24, 2.45) is 0 Å². The van der Waals surface area contributed by atoms with Crippen molar-refractivity contribution in [1.29, 1.82) is 0 Å². The van der Waals surface area contributed by atoms with Crippen LogP contribution in [0.3, 0.4) is 0 Å². The molecule has 2 aromatic heterocycles. The van der Waals surface area contributed by atoms with Crippen molar-refractivity contribution in [3.63, 3.8) is 0 Å². The second-order valence-electron chi connectivity index (χ2n) is 3.33. The summed E-state index contributed by atoms with van der Waals surface area (Å²) in [6.07, 6.45) is 4.07. The summed E-state index contributed by atoms with van der Waals surface area (Å²) in [7, 11) is 1.98. The lowest BCUT2D eigenvalue weighted by atomic mass is 10.3. The summed E-state index contributed by atoms with van der Waals surface area (Å²) < 4.78 is 0. The van der Waals surface area contributed by atoms with E-state index in [9.17, 15) is 0 Å². The third-order valence-corrected chi connectivity index (χ3v) is 4.06. The lowest BCUT2D eigenvalue weighted by Gasteiger charge is -1.93. The highest BCUT2D eigenvalue weighted by molar-refractivity contribution is 7.12. The first-order valence-electron chi connectivity index (χ1n) is 4.99. The van der Waals surface area contributed by atoms with E-state index < -0.39 is 0 Å². The zero-order chi connectivity index (χ0) is 10.5.